The summed E-state index contributed by atoms with van der Waals surface area (Å²) in [6.45, 7) is 10.8. The minimum Gasteiger partial charge on any atom is -0.463 e. The minimum absolute atomic E-state index is 0.0134. The van der Waals surface area contributed by atoms with Gasteiger partial charge in [0, 0.05) is 18.6 Å². The summed E-state index contributed by atoms with van der Waals surface area (Å²) in [6.07, 6.45) is 1.19. The normalized spacial score (nSPS) is 13.9. The van der Waals surface area contributed by atoms with Crippen molar-refractivity contribution >= 4 is 11.9 Å². The summed E-state index contributed by atoms with van der Waals surface area (Å²) < 4.78 is 10.3. The third-order valence-corrected chi connectivity index (χ3v) is 3.02. The first-order valence-electron chi connectivity index (χ1n) is 7.47. The van der Waals surface area contributed by atoms with Crippen molar-refractivity contribution in [2.45, 2.75) is 53.5 Å². The second-order valence-corrected chi connectivity index (χ2v) is 5.27. The molecule has 2 unspecified atom stereocenters. The molecular formula is C15H29NO4. The van der Waals surface area contributed by atoms with E-state index in [1.165, 1.54) is 0 Å². The van der Waals surface area contributed by atoms with Crippen molar-refractivity contribution in [3.63, 3.8) is 0 Å². The summed E-state index contributed by atoms with van der Waals surface area (Å²) in [5.41, 5.74) is 0. The van der Waals surface area contributed by atoms with Crippen molar-refractivity contribution in [2.75, 3.05) is 19.8 Å². The predicted octanol–water partition coefficient (Wildman–Crippen LogP) is 2.14. The Labute approximate surface area is 122 Å². The van der Waals surface area contributed by atoms with Crippen LogP contribution in [-0.2, 0) is 19.1 Å². The molecule has 20 heavy (non-hydrogen) atoms. The monoisotopic (exact) mass is 287 g/mol. The quantitative estimate of drug-likeness (QED) is 0.494. The van der Waals surface area contributed by atoms with Crippen LogP contribution in [0.2, 0.25) is 0 Å². The van der Waals surface area contributed by atoms with Gasteiger partial charge in [-0.05, 0) is 33.6 Å². The number of nitrogens with one attached hydrogen (secondary N) is 1. The van der Waals surface area contributed by atoms with E-state index >= 15 is 0 Å². The molecular weight excluding hydrogens is 258 g/mol. The predicted molar refractivity (Wildman–Crippen MR) is 78.3 cm³/mol. The smallest absolute Gasteiger partial charge is 0.309 e. The lowest BCUT2D eigenvalue weighted by molar-refractivity contribution is -0.151. The fourth-order valence-electron chi connectivity index (χ4n) is 1.85. The number of amides is 1. The number of esters is 1. The van der Waals surface area contributed by atoms with Crippen LogP contribution in [0.1, 0.15) is 47.5 Å². The number of rotatable bonds is 10. The lowest BCUT2D eigenvalue weighted by Crippen LogP contribution is -2.36. The molecule has 2 atom stereocenters. The fourth-order valence-corrected chi connectivity index (χ4v) is 1.85. The molecule has 0 aliphatic heterocycles. The highest BCUT2D eigenvalue weighted by Gasteiger charge is 2.24. The maximum absolute atomic E-state index is 11.9. The molecule has 0 radical (unpaired) electrons. The maximum atomic E-state index is 11.9. The zero-order chi connectivity index (χ0) is 15.5. The van der Waals surface area contributed by atoms with Gasteiger partial charge in [0.25, 0.3) is 0 Å². The van der Waals surface area contributed by atoms with E-state index in [0.717, 1.165) is 0 Å². The molecule has 5 nitrogen and oxygen atoms in total. The molecule has 0 rings (SSSR count). The third kappa shape index (κ3) is 8.15. The van der Waals surface area contributed by atoms with Gasteiger partial charge in [-0.1, -0.05) is 13.8 Å². The largest absolute Gasteiger partial charge is 0.463 e. The topological polar surface area (TPSA) is 64.6 Å². The first-order chi connectivity index (χ1) is 9.42. The van der Waals surface area contributed by atoms with Crippen LogP contribution in [0.3, 0.4) is 0 Å². The van der Waals surface area contributed by atoms with Crippen molar-refractivity contribution in [1.29, 1.82) is 0 Å². The van der Waals surface area contributed by atoms with Crippen LogP contribution in [0.15, 0.2) is 0 Å². The van der Waals surface area contributed by atoms with E-state index in [2.05, 4.69) is 5.32 Å². The maximum Gasteiger partial charge on any atom is 0.309 e. The minimum atomic E-state index is -0.239. The molecule has 0 aromatic rings. The standard InChI is InChI=1S/C15H29NO4/c1-6-13(15(18)20-9-8-19-7-2)10-12(5)14(17)16-11(3)4/h11-13H,6-10H2,1-5H3,(H,16,17). The van der Waals surface area contributed by atoms with Gasteiger partial charge in [0.15, 0.2) is 0 Å². The molecule has 1 amide bonds. The number of hydrogen-bond acceptors (Lipinski definition) is 4. The molecule has 0 heterocycles. The van der Waals surface area contributed by atoms with Gasteiger partial charge in [0.1, 0.15) is 6.61 Å². The Bertz CT molecular complexity index is 292. The average Bonchev–Trinajstić information content (AvgIpc) is 2.39. The van der Waals surface area contributed by atoms with Crippen molar-refractivity contribution in [3.05, 3.63) is 0 Å². The summed E-state index contributed by atoms with van der Waals surface area (Å²) in [5.74, 6) is -0.678. The molecule has 1 N–H and O–H groups in total. The summed E-state index contributed by atoms with van der Waals surface area (Å²) in [5, 5.41) is 2.86. The second-order valence-electron chi connectivity index (χ2n) is 5.27. The first-order valence-corrected chi connectivity index (χ1v) is 7.47. The van der Waals surface area contributed by atoms with E-state index in [4.69, 9.17) is 9.47 Å². The van der Waals surface area contributed by atoms with Crippen molar-refractivity contribution in [1.82, 2.24) is 5.32 Å². The Morgan fingerprint density at radius 3 is 2.25 bits per heavy atom. The van der Waals surface area contributed by atoms with Gasteiger partial charge in [0.05, 0.1) is 12.5 Å². The van der Waals surface area contributed by atoms with Gasteiger partial charge < -0.3 is 14.8 Å². The molecule has 5 heteroatoms. The van der Waals surface area contributed by atoms with E-state index in [1.54, 1.807) is 0 Å². The van der Waals surface area contributed by atoms with Gasteiger partial charge >= 0.3 is 5.97 Å². The summed E-state index contributed by atoms with van der Waals surface area (Å²) in [7, 11) is 0. The van der Waals surface area contributed by atoms with Crippen LogP contribution in [0.25, 0.3) is 0 Å². The summed E-state index contributed by atoms with van der Waals surface area (Å²) in [6, 6.07) is 0.114. The number of carbonyl (C=O) groups excluding carboxylic acids is 2. The average molecular weight is 287 g/mol. The Morgan fingerprint density at radius 2 is 1.75 bits per heavy atom. The summed E-state index contributed by atoms with van der Waals surface area (Å²) in [4.78, 5) is 23.8. The van der Waals surface area contributed by atoms with Crippen LogP contribution in [0.5, 0.6) is 0 Å². The molecule has 0 saturated carbocycles. The van der Waals surface area contributed by atoms with Crippen molar-refractivity contribution < 1.29 is 19.1 Å². The molecule has 0 saturated heterocycles. The Balaban J connectivity index is 4.18. The third-order valence-electron chi connectivity index (χ3n) is 3.02. The highest BCUT2D eigenvalue weighted by molar-refractivity contribution is 5.80. The number of carbonyl (C=O) groups is 2. The van der Waals surface area contributed by atoms with Gasteiger partial charge in [0.2, 0.25) is 5.91 Å². The highest BCUT2D eigenvalue weighted by Crippen LogP contribution is 2.17. The first kappa shape index (κ1) is 18.9. The van der Waals surface area contributed by atoms with Crippen LogP contribution in [0, 0.1) is 11.8 Å². The molecule has 0 aromatic heterocycles. The Hall–Kier alpha value is -1.10. The zero-order valence-corrected chi connectivity index (χ0v) is 13.4. The Kier molecular flexibility index (Phi) is 10.1. The van der Waals surface area contributed by atoms with Crippen molar-refractivity contribution in [3.8, 4) is 0 Å². The van der Waals surface area contributed by atoms with E-state index in [0.29, 0.717) is 26.1 Å². The van der Waals surface area contributed by atoms with Crippen LogP contribution in [-0.4, -0.2) is 37.7 Å². The molecule has 0 aliphatic carbocycles. The van der Waals surface area contributed by atoms with Gasteiger partial charge in [-0.15, -0.1) is 0 Å². The summed E-state index contributed by atoms with van der Waals surface area (Å²) >= 11 is 0. The molecule has 0 bridgehead atoms. The highest BCUT2D eigenvalue weighted by atomic mass is 16.6. The van der Waals surface area contributed by atoms with Crippen LogP contribution in [0.4, 0.5) is 0 Å². The molecule has 0 fully saturated rings. The van der Waals surface area contributed by atoms with E-state index in [1.807, 2.05) is 34.6 Å². The SMILES string of the molecule is CCOCCOC(=O)C(CC)CC(C)C(=O)NC(C)C. The lowest BCUT2D eigenvalue weighted by atomic mass is 9.93. The Morgan fingerprint density at radius 1 is 1.10 bits per heavy atom. The lowest BCUT2D eigenvalue weighted by Gasteiger charge is -2.19. The molecule has 0 spiro atoms. The fraction of sp³-hybridized carbons (Fsp3) is 0.867. The van der Waals surface area contributed by atoms with Crippen LogP contribution >= 0.6 is 0 Å². The molecule has 118 valence electrons. The zero-order valence-electron chi connectivity index (χ0n) is 13.4. The molecule has 0 aromatic carbocycles. The van der Waals surface area contributed by atoms with Crippen molar-refractivity contribution in [2.24, 2.45) is 11.8 Å². The van der Waals surface area contributed by atoms with E-state index in [9.17, 15) is 9.59 Å². The van der Waals surface area contributed by atoms with Gasteiger partial charge in [-0.25, -0.2) is 0 Å². The van der Waals surface area contributed by atoms with Gasteiger partial charge in [-0.2, -0.15) is 0 Å². The van der Waals surface area contributed by atoms with Crippen LogP contribution < -0.4 is 5.32 Å². The van der Waals surface area contributed by atoms with Gasteiger partial charge in [-0.3, -0.25) is 9.59 Å². The van der Waals surface area contributed by atoms with E-state index in [-0.39, 0.29) is 36.4 Å². The van der Waals surface area contributed by atoms with E-state index < -0.39 is 0 Å². The molecule has 0 aliphatic rings. The number of ether oxygens (including phenoxy) is 2. The second kappa shape index (κ2) is 10.7. The number of hydrogen-bond donors (Lipinski definition) is 1.